The number of methoxy groups -OCH3 is 1. The lowest BCUT2D eigenvalue weighted by molar-refractivity contribution is 0.0722. The number of ether oxygens (including phenoxy) is 1. The molecule has 8 nitrogen and oxygen atoms in total. The number of aromatic nitrogens is 2. The Balaban J connectivity index is 1.60. The summed E-state index contributed by atoms with van der Waals surface area (Å²) in [6, 6.07) is 12.5. The highest BCUT2D eigenvalue weighted by atomic mass is 16.5. The summed E-state index contributed by atoms with van der Waals surface area (Å²) in [4.78, 5) is 25.7. The van der Waals surface area contributed by atoms with Crippen LogP contribution in [-0.2, 0) is 10.3 Å². The van der Waals surface area contributed by atoms with Gasteiger partial charge in [-0.3, -0.25) is 4.90 Å². The summed E-state index contributed by atoms with van der Waals surface area (Å²) in [5.74, 6) is 0.358. The Morgan fingerprint density at radius 3 is 2.44 bits per heavy atom. The molecule has 0 bridgehead atoms. The van der Waals surface area contributed by atoms with Crippen molar-refractivity contribution < 1.29 is 9.53 Å². The van der Waals surface area contributed by atoms with Crippen LogP contribution in [0.2, 0.25) is 0 Å². The number of anilines is 1. The number of hydrogen-bond acceptors (Lipinski definition) is 6. The smallest absolute Gasteiger partial charge is 0.327 e. The van der Waals surface area contributed by atoms with Crippen molar-refractivity contribution in [2.75, 3.05) is 38.8 Å². The lowest BCUT2D eigenvalue weighted by Crippen LogP contribution is -2.55. The highest BCUT2D eigenvalue weighted by Gasteiger charge is 2.54. The van der Waals surface area contributed by atoms with Gasteiger partial charge in [-0.25, -0.2) is 14.8 Å². The predicted octanol–water partition coefficient (Wildman–Crippen LogP) is 3.05. The summed E-state index contributed by atoms with van der Waals surface area (Å²) < 4.78 is 5.24. The molecule has 168 valence electrons. The molecular weight excluding hydrogens is 404 g/mol. The van der Waals surface area contributed by atoms with Crippen molar-refractivity contribution >= 4 is 12.0 Å². The highest BCUT2D eigenvalue weighted by molar-refractivity contribution is 5.93. The molecule has 2 aliphatic rings. The first kappa shape index (κ1) is 22.2. The Morgan fingerprint density at radius 1 is 1.16 bits per heavy atom. The SMILES string of the molecule is CN[C@]1(c2ccccc2)CC[C@@]2(CC1)CN(c1ncc(C#N)cn1)C(=O)N2CCCOC. The number of amides is 2. The van der Waals surface area contributed by atoms with Crippen molar-refractivity contribution in [1.29, 1.82) is 5.26 Å². The number of rotatable bonds is 7. The van der Waals surface area contributed by atoms with E-state index in [-0.39, 0.29) is 17.1 Å². The Labute approximate surface area is 189 Å². The fourth-order valence-electron chi connectivity index (χ4n) is 5.18. The molecule has 4 rings (SSSR count). The van der Waals surface area contributed by atoms with Crippen molar-refractivity contribution in [2.45, 2.75) is 43.2 Å². The van der Waals surface area contributed by atoms with E-state index >= 15 is 0 Å². The highest BCUT2D eigenvalue weighted by Crippen LogP contribution is 2.47. The maximum atomic E-state index is 13.5. The van der Waals surface area contributed by atoms with Crippen LogP contribution < -0.4 is 10.2 Å². The first-order valence-electron chi connectivity index (χ1n) is 11.1. The van der Waals surface area contributed by atoms with Crippen molar-refractivity contribution in [3.8, 4) is 6.07 Å². The Bertz CT molecular complexity index is 964. The molecule has 1 aromatic heterocycles. The van der Waals surface area contributed by atoms with Gasteiger partial charge in [-0.1, -0.05) is 30.3 Å². The number of urea groups is 1. The van der Waals surface area contributed by atoms with E-state index in [0.29, 0.717) is 31.2 Å². The van der Waals surface area contributed by atoms with Gasteiger partial charge in [-0.2, -0.15) is 5.26 Å². The number of nitrogens with one attached hydrogen (secondary N) is 1. The molecule has 2 amide bonds. The van der Waals surface area contributed by atoms with E-state index in [2.05, 4.69) is 39.6 Å². The van der Waals surface area contributed by atoms with E-state index in [4.69, 9.17) is 10.00 Å². The van der Waals surface area contributed by atoms with E-state index in [9.17, 15) is 4.79 Å². The van der Waals surface area contributed by atoms with Gasteiger partial charge in [-0.05, 0) is 44.7 Å². The molecule has 0 atom stereocenters. The second-order valence-electron chi connectivity index (χ2n) is 8.67. The topological polar surface area (TPSA) is 94.4 Å². The minimum absolute atomic E-state index is 0.0671. The van der Waals surface area contributed by atoms with Crippen molar-refractivity contribution in [3.63, 3.8) is 0 Å². The summed E-state index contributed by atoms with van der Waals surface area (Å²) in [5.41, 5.74) is 1.31. The number of benzene rings is 1. The maximum absolute atomic E-state index is 13.5. The van der Waals surface area contributed by atoms with Gasteiger partial charge in [-0.15, -0.1) is 0 Å². The van der Waals surface area contributed by atoms with Gasteiger partial charge in [0.2, 0.25) is 5.95 Å². The molecule has 2 fully saturated rings. The first-order valence-corrected chi connectivity index (χ1v) is 11.1. The molecular formula is C24H30N6O2. The van der Waals surface area contributed by atoms with Gasteiger partial charge < -0.3 is 15.0 Å². The van der Waals surface area contributed by atoms with Crippen molar-refractivity contribution in [2.24, 2.45) is 0 Å². The largest absolute Gasteiger partial charge is 0.385 e. The lowest BCUT2D eigenvalue weighted by Gasteiger charge is -2.48. The second-order valence-corrected chi connectivity index (χ2v) is 8.67. The molecule has 1 aliphatic carbocycles. The summed E-state index contributed by atoms with van der Waals surface area (Å²) in [6.07, 6.45) is 7.36. The molecule has 1 saturated carbocycles. The van der Waals surface area contributed by atoms with Gasteiger partial charge in [0.15, 0.2) is 0 Å². The van der Waals surface area contributed by atoms with Crippen LogP contribution in [0.4, 0.5) is 10.7 Å². The summed E-state index contributed by atoms with van der Waals surface area (Å²) in [5, 5.41) is 12.6. The number of nitriles is 1. The average Bonchev–Trinajstić information content (AvgIpc) is 3.12. The summed E-state index contributed by atoms with van der Waals surface area (Å²) in [7, 11) is 3.71. The molecule has 1 aromatic carbocycles. The summed E-state index contributed by atoms with van der Waals surface area (Å²) >= 11 is 0. The van der Waals surface area contributed by atoms with Crippen molar-refractivity contribution in [1.82, 2.24) is 20.2 Å². The van der Waals surface area contributed by atoms with E-state index < -0.39 is 0 Å². The molecule has 1 saturated heterocycles. The predicted molar refractivity (Wildman–Crippen MR) is 121 cm³/mol. The summed E-state index contributed by atoms with van der Waals surface area (Å²) in [6.45, 7) is 1.80. The fraction of sp³-hybridized carbons (Fsp3) is 0.500. The first-order chi connectivity index (χ1) is 15.6. The van der Waals surface area contributed by atoms with Crippen LogP contribution in [0.25, 0.3) is 0 Å². The number of carbonyl (C=O) groups is 1. The second kappa shape index (κ2) is 9.23. The molecule has 0 unspecified atom stereocenters. The Morgan fingerprint density at radius 2 is 1.84 bits per heavy atom. The quantitative estimate of drug-likeness (QED) is 0.673. The average molecular weight is 435 g/mol. The fourth-order valence-corrected chi connectivity index (χ4v) is 5.18. The number of carbonyl (C=O) groups excluding carboxylic acids is 1. The normalized spacial score (nSPS) is 25.3. The van der Waals surface area contributed by atoms with Crippen LogP contribution in [-0.4, -0.2) is 60.3 Å². The minimum Gasteiger partial charge on any atom is -0.385 e. The number of hydrogen-bond donors (Lipinski definition) is 1. The molecule has 8 heteroatoms. The van der Waals surface area contributed by atoms with E-state index in [1.165, 1.54) is 18.0 Å². The Hall–Kier alpha value is -3.02. The third-order valence-electron chi connectivity index (χ3n) is 7.06. The van der Waals surface area contributed by atoms with Gasteiger partial charge in [0.05, 0.1) is 30.0 Å². The minimum atomic E-state index is -0.267. The lowest BCUT2D eigenvalue weighted by atomic mass is 9.69. The monoisotopic (exact) mass is 434 g/mol. The maximum Gasteiger partial charge on any atom is 0.327 e. The number of nitrogens with zero attached hydrogens (tertiary/aromatic N) is 5. The molecule has 1 N–H and O–H groups in total. The van der Waals surface area contributed by atoms with Gasteiger partial charge in [0, 0.05) is 25.8 Å². The molecule has 1 spiro atoms. The zero-order valence-electron chi connectivity index (χ0n) is 18.8. The van der Waals surface area contributed by atoms with E-state index in [1.54, 1.807) is 12.0 Å². The molecule has 2 heterocycles. The van der Waals surface area contributed by atoms with Crippen LogP contribution in [0.15, 0.2) is 42.7 Å². The molecule has 32 heavy (non-hydrogen) atoms. The third-order valence-corrected chi connectivity index (χ3v) is 7.06. The zero-order chi connectivity index (χ0) is 22.6. The van der Waals surface area contributed by atoms with E-state index in [1.807, 2.05) is 24.1 Å². The van der Waals surface area contributed by atoms with Gasteiger partial charge in [0.1, 0.15) is 6.07 Å². The molecule has 0 radical (unpaired) electrons. The third kappa shape index (κ3) is 3.94. The molecule has 2 aromatic rings. The Kier molecular flexibility index (Phi) is 6.40. The van der Waals surface area contributed by atoms with Crippen molar-refractivity contribution in [3.05, 3.63) is 53.9 Å². The van der Waals surface area contributed by atoms with Crippen LogP contribution >= 0.6 is 0 Å². The van der Waals surface area contributed by atoms with Crippen LogP contribution in [0.1, 0.15) is 43.2 Å². The van der Waals surface area contributed by atoms with Crippen LogP contribution in [0.5, 0.6) is 0 Å². The van der Waals surface area contributed by atoms with E-state index in [0.717, 1.165) is 32.1 Å². The molecule has 1 aliphatic heterocycles. The van der Waals surface area contributed by atoms with Gasteiger partial charge >= 0.3 is 6.03 Å². The van der Waals surface area contributed by atoms with Crippen LogP contribution in [0.3, 0.4) is 0 Å². The zero-order valence-corrected chi connectivity index (χ0v) is 18.8. The standard InChI is InChI=1S/C24H30N6O2/c1-26-24(20-7-4-3-5-8-20)11-9-23(10-12-24)18-29(21-27-16-19(15-25)17-28-21)22(31)30(23)13-6-14-32-2/h3-5,7-8,16-17,26H,6,9-14,18H2,1-2H3/t23-,24-. The van der Waals surface area contributed by atoms with Crippen LogP contribution in [0, 0.1) is 11.3 Å². The van der Waals surface area contributed by atoms with Gasteiger partial charge in [0.25, 0.3) is 0 Å².